The fourth-order valence-corrected chi connectivity index (χ4v) is 13.9. The zero-order valence-corrected chi connectivity index (χ0v) is 43.3. The van der Waals surface area contributed by atoms with Gasteiger partial charge in [-0.15, -0.1) is 0 Å². The van der Waals surface area contributed by atoms with E-state index in [-0.39, 0.29) is 5.41 Å². The number of rotatable bonds is 6. The molecule has 0 atom stereocenters. The molecule has 2 heterocycles. The molecule has 10 aromatic carbocycles. The number of nitrogens with zero attached hydrogens (tertiary/aromatic N) is 3. The highest BCUT2D eigenvalue weighted by atomic mass is 15.2. The van der Waals surface area contributed by atoms with Gasteiger partial charge in [-0.1, -0.05) is 179 Å². The number of anilines is 8. The van der Waals surface area contributed by atoms with Crippen LogP contribution in [0, 0.1) is 0 Å². The van der Waals surface area contributed by atoms with Crippen molar-refractivity contribution in [1.82, 2.24) is 0 Å². The Morgan fingerprint density at radius 2 is 1.01 bits per heavy atom. The summed E-state index contributed by atoms with van der Waals surface area (Å²) in [7, 11) is 0. The van der Waals surface area contributed by atoms with E-state index in [0.717, 1.165) is 49.9 Å². The highest BCUT2D eigenvalue weighted by molar-refractivity contribution is 6.15. The predicted octanol–water partition coefficient (Wildman–Crippen LogP) is 19.9. The summed E-state index contributed by atoms with van der Waals surface area (Å²) in [5.74, 6) is 0. The summed E-state index contributed by atoms with van der Waals surface area (Å²) in [5, 5.41) is 10.1. The lowest BCUT2D eigenvalue weighted by atomic mass is 9.66. The van der Waals surface area contributed by atoms with Gasteiger partial charge < -0.3 is 14.7 Å². The lowest BCUT2D eigenvalue weighted by molar-refractivity contribution is 0.597. The molecule has 5 aliphatic rings. The van der Waals surface area contributed by atoms with Gasteiger partial charge in [0.2, 0.25) is 0 Å². The summed E-state index contributed by atoms with van der Waals surface area (Å²) < 4.78 is 0. The van der Waals surface area contributed by atoms with E-state index >= 15 is 0 Å². The molecule has 10 aromatic rings. The number of para-hydroxylation sites is 1. The summed E-state index contributed by atoms with van der Waals surface area (Å²) >= 11 is 0. The molecule has 0 amide bonds. The highest BCUT2D eigenvalue weighted by Gasteiger charge is 2.46. The monoisotopic (exact) mass is 965 g/mol. The molecule has 0 spiro atoms. The second kappa shape index (κ2) is 16.6. The maximum absolute atomic E-state index is 2.69. The normalized spacial score (nSPS) is 16.6. The van der Waals surface area contributed by atoms with Crippen LogP contribution < -0.4 is 14.7 Å². The van der Waals surface area contributed by atoms with Crippen molar-refractivity contribution in [2.45, 2.75) is 77.0 Å². The van der Waals surface area contributed by atoms with Crippen LogP contribution in [-0.2, 0) is 17.3 Å². The van der Waals surface area contributed by atoms with Crippen LogP contribution in [0.4, 0.5) is 45.5 Å². The Kier molecular flexibility index (Phi) is 9.74. The van der Waals surface area contributed by atoms with Crippen molar-refractivity contribution >= 4 is 94.7 Å². The molecular formula is C72H59N3. The van der Waals surface area contributed by atoms with E-state index in [1.165, 1.54) is 122 Å². The fourth-order valence-electron chi connectivity index (χ4n) is 13.9. The number of allylic oxidation sites excluding steroid dienone is 7. The second-order valence-electron chi connectivity index (χ2n) is 22.6. The minimum Gasteiger partial charge on any atom is -0.314 e. The van der Waals surface area contributed by atoms with Gasteiger partial charge in [0.1, 0.15) is 0 Å². The average Bonchev–Trinajstić information content (AvgIpc) is 3.54. The smallest absolute Gasteiger partial charge is 0.0546 e. The number of aryl methyl sites for hydroxylation is 1. The third-order valence-corrected chi connectivity index (χ3v) is 17.7. The summed E-state index contributed by atoms with van der Waals surface area (Å²) in [6.45, 7) is 9.89. The molecule has 0 N–H and O–H groups in total. The number of fused-ring (bicyclic) bond motifs is 11. The molecule has 3 heteroatoms. The second-order valence-corrected chi connectivity index (χ2v) is 22.6. The first-order valence-corrected chi connectivity index (χ1v) is 27.2. The first-order valence-electron chi connectivity index (χ1n) is 27.2. The van der Waals surface area contributed by atoms with Crippen molar-refractivity contribution in [3.8, 4) is 0 Å². The molecule has 15 rings (SSSR count). The average molecular weight is 966 g/mol. The van der Waals surface area contributed by atoms with E-state index in [9.17, 15) is 0 Å². The summed E-state index contributed by atoms with van der Waals surface area (Å²) in [6.07, 6.45) is 18.6. The molecule has 0 saturated heterocycles. The van der Waals surface area contributed by atoms with Gasteiger partial charge in [-0.3, -0.25) is 0 Å². The quantitative estimate of drug-likeness (QED) is 0.154. The van der Waals surface area contributed by atoms with Crippen LogP contribution in [0.2, 0.25) is 0 Å². The summed E-state index contributed by atoms with van der Waals surface area (Å²) in [4.78, 5) is 7.84. The van der Waals surface area contributed by atoms with E-state index in [4.69, 9.17) is 0 Å². The Bertz CT molecular complexity index is 4210. The number of hydrogen-bond acceptors (Lipinski definition) is 3. The Hall–Kier alpha value is -8.40. The Morgan fingerprint density at radius 3 is 1.84 bits per heavy atom. The SMILES string of the molecule is CC1(C)c2ccccc2N2c3ccc(N(c4ccc5ccccc5c4)c4cc5ccccc5c5ccccc45)cc3C(C)(C)c3cc(N(C4=CC5=C(CCC=C5)CC4)c4cc5ccccc5c5c4C=CCC5)cc1c32. The van der Waals surface area contributed by atoms with E-state index in [1.54, 1.807) is 5.57 Å². The minimum atomic E-state index is -0.415. The lowest BCUT2D eigenvalue weighted by Crippen LogP contribution is -2.38. The molecule has 0 bridgehead atoms. The molecular weight excluding hydrogens is 907 g/mol. The van der Waals surface area contributed by atoms with Gasteiger partial charge in [-0.25, -0.2) is 0 Å². The number of benzene rings is 10. The van der Waals surface area contributed by atoms with Crippen molar-refractivity contribution in [3.05, 3.63) is 257 Å². The van der Waals surface area contributed by atoms with Crippen LogP contribution in [0.1, 0.15) is 93.2 Å². The van der Waals surface area contributed by atoms with Gasteiger partial charge in [-0.2, -0.15) is 0 Å². The maximum atomic E-state index is 2.69. The van der Waals surface area contributed by atoms with Crippen LogP contribution in [0.3, 0.4) is 0 Å². The third kappa shape index (κ3) is 6.66. The largest absolute Gasteiger partial charge is 0.314 e. The molecule has 75 heavy (non-hydrogen) atoms. The first kappa shape index (κ1) is 44.1. The maximum Gasteiger partial charge on any atom is 0.0546 e. The van der Waals surface area contributed by atoms with Gasteiger partial charge in [0.05, 0.1) is 28.4 Å². The molecule has 2 aliphatic heterocycles. The van der Waals surface area contributed by atoms with Crippen LogP contribution >= 0.6 is 0 Å². The topological polar surface area (TPSA) is 9.72 Å². The van der Waals surface area contributed by atoms with E-state index in [2.05, 4.69) is 255 Å². The van der Waals surface area contributed by atoms with Crippen LogP contribution in [-0.4, -0.2) is 0 Å². The van der Waals surface area contributed by atoms with E-state index in [1.807, 2.05) is 0 Å². The molecule has 0 aromatic heterocycles. The van der Waals surface area contributed by atoms with Crippen molar-refractivity contribution in [3.63, 3.8) is 0 Å². The molecule has 0 saturated carbocycles. The van der Waals surface area contributed by atoms with Crippen molar-refractivity contribution in [2.75, 3.05) is 14.7 Å². The van der Waals surface area contributed by atoms with Gasteiger partial charge in [0, 0.05) is 44.5 Å². The van der Waals surface area contributed by atoms with E-state index in [0.29, 0.717) is 0 Å². The predicted molar refractivity (Wildman–Crippen MR) is 319 cm³/mol. The lowest BCUT2D eigenvalue weighted by Gasteiger charge is -2.50. The van der Waals surface area contributed by atoms with Gasteiger partial charge in [0.25, 0.3) is 0 Å². The van der Waals surface area contributed by atoms with Gasteiger partial charge in [-0.05, 0) is 176 Å². The molecule has 0 radical (unpaired) electrons. The van der Waals surface area contributed by atoms with Gasteiger partial charge >= 0.3 is 0 Å². The standard InChI is InChI=1S/C72H59N3/c1-71(2)62-31-17-18-32-66(62)75-67-38-37-54(73(52-35-33-46-19-5-7-21-48(46)39-52)68-41-50-23-9-11-25-56(50)58-27-13-15-29-60(58)68)43-63(67)72(3,4)65-45-55(44-64(71)70(65)75)74(53-36-34-47-20-6-8-22-49(47)40-53)69-42-51-24-10-12-26-57(51)59-28-14-16-30-61(59)69/h5,7-13,15-19,21-27,29-33,35,37-45H,6,14,20,28,34,36H2,1-4H3. The van der Waals surface area contributed by atoms with Crippen molar-refractivity contribution in [2.24, 2.45) is 0 Å². The zero-order chi connectivity index (χ0) is 50.2. The minimum absolute atomic E-state index is 0.290. The molecule has 3 nitrogen and oxygen atoms in total. The van der Waals surface area contributed by atoms with Crippen LogP contribution in [0.5, 0.6) is 0 Å². The third-order valence-electron chi connectivity index (χ3n) is 17.7. The number of hydrogen-bond donors (Lipinski definition) is 0. The van der Waals surface area contributed by atoms with Crippen LogP contribution in [0.15, 0.2) is 223 Å². The molecule has 362 valence electrons. The molecule has 0 unspecified atom stereocenters. The molecule has 3 aliphatic carbocycles. The van der Waals surface area contributed by atoms with Crippen molar-refractivity contribution in [1.29, 1.82) is 0 Å². The summed E-state index contributed by atoms with van der Waals surface area (Å²) in [5.41, 5.74) is 21.6. The van der Waals surface area contributed by atoms with Crippen LogP contribution in [0.25, 0.3) is 49.2 Å². The van der Waals surface area contributed by atoms with E-state index < -0.39 is 5.41 Å². The van der Waals surface area contributed by atoms with Gasteiger partial charge in [0.15, 0.2) is 0 Å². The Labute approximate surface area is 440 Å². The fraction of sp³-hybridized carbons (Fsp3) is 0.167. The Balaban J connectivity index is 0.994. The Morgan fingerprint density at radius 1 is 0.413 bits per heavy atom. The zero-order valence-electron chi connectivity index (χ0n) is 43.3. The summed E-state index contributed by atoms with van der Waals surface area (Å²) in [6, 6.07) is 69.2. The molecule has 0 fully saturated rings. The highest BCUT2D eigenvalue weighted by Crippen LogP contribution is 2.62. The first-order chi connectivity index (χ1) is 36.7. The van der Waals surface area contributed by atoms with Crippen molar-refractivity contribution < 1.29 is 0 Å².